The van der Waals surface area contributed by atoms with Crippen molar-refractivity contribution in [3.63, 3.8) is 0 Å². The molecule has 0 saturated heterocycles. The molecule has 10 heteroatoms. The molecule has 0 fully saturated rings. The molecule has 0 aliphatic heterocycles. The van der Waals surface area contributed by atoms with E-state index >= 15 is 0 Å². The zero-order valence-corrected chi connectivity index (χ0v) is 19.8. The van der Waals surface area contributed by atoms with Gasteiger partial charge in [0.2, 0.25) is 5.95 Å². The molecule has 180 valence electrons. The average molecular weight is 475 g/mol. The number of nitrogens with one attached hydrogen (secondary N) is 1. The van der Waals surface area contributed by atoms with Crippen molar-refractivity contribution in [3.05, 3.63) is 104 Å². The molecule has 0 unspecified atom stereocenters. The lowest BCUT2D eigenvalue weighted by molar-refractivity contribution is 0.414. The number of hydrogen-bond donors (Lipinski definition) is 1. The van der Waals surface area contributed by atoms with E-state index in [-0.39, 0.29) is 25.6 Å². The first-order valence-corrected chi connectivity index (χ1v) is 11.0. The molecule has 0 atom stereocenters. The van der Waals surface area contributed by atoms with Gasteiger partial charge in [0.25, 0.3) is 0 Å². The predicted molar refractivity (Wildman–Crippen MR) is 131 cm³/mol. The second-order valence-electron chi connectivity index (χ2n) is 7.87. The van der Waals surface area contributed by atoms with E-state index in [9.17, 15) is 9.59 Å². The van der Waals surface area contributed by atoms with Crippen LogP contribution < -0.4 is 26.2 Å². The lowest BCUT2D eigenvalue weighted by atomic mass is 10.2. The van der Waals surface area contributed by atoms with E-state index in [4.69, 9.17) is 9.47 Å². The Bertz CT molecular complexity index is 1390. The summed E-state index contributed by atoms with van der Waals surface area (Å²) in [5, 5.41) is 3.07. The fourth-order valence-electron chi connectivity index (χ4n) is 3.45. The Hall–Kier alpha value is -4.47. The highest BCUT2D eigenvalue weighted by Crippen LogP contribution is 2.14. The Kier molecular flexibility index (Phi) is 7.20. The molecule has 1 N–H and O–H groups in total. The van der Waals surface area contributed by atoms with E-state index in [1.165, 1.54) is 4.57 Å². The van der Waals surface area contributed by atoms with Crippen molar-refractivity contribution < 1.29 is 9.47 Å². The van der Waals surface area contributed by atoms with E-state index < -0.39 is 11.4 Å². The lowest BCUT2D eigenvalue weighted by Gasteiger charge is -2.16. The highest BCUT2D eigenvalue weighted by molar-refractivity contribution is 5.31. The molecular weight excluding hydrogens is 448 g/mol. The molecule has 35 heavy (non-hydrogen) atoms. The van der Waals surface area contributed by atoms with Gasteiger partial charge in [0.1, 0.15) is 11.5 Å². The first-order valence-electron chi connectivity index (χ1n) is 11.0. The summed E-state index contributed by atoms with van der Waals surface area (Å²) in [6.45, 7) is 2.40. The number of anilines is 1. The Balaban J connectivity index is 1.69. The second kappa shape index (κ2) is 10.6. The summed E-state index contributed by atoms with van der Waals surface area (Å²) in [5.41, 5.74) is 1.96. The maximum Gasteiger partial charge on any atom is 0.355 e. The van der Waals surface area contributed by atoms with E-state index in [1.54, 1.807) is 50.9 Å². The van der Waals surface area contributed by atoms with Crippen LogP contribution in [0.3, 0.4) is 0 Å². The molecule has 2 aromatic carbocycles. The van der Waals surface area contributed by atoms with Crippen molar-refractivity contribution >= 4 is 5.95 Å². The number of ether oxygens (including phenoxy) is 2. The van der Waals surface area contributed by atoms with Crippen LogP contribution in [0.4, 0.5) is 5.95 Å². The molecule has 0 amide bonds. The normalized spacial score (nSPS) is 10.7. The first-order chi connectivity index (χ1) is 17.0. The Labute approximate surface area is 201 Å². The van der Waals surface area contributed by atoms with Gasteiger partial charge in [-0.2, -0.15) is 4.98 Å². The number of hydrogen-bond acceptors (Lipinski definition) is 8. The Morgan fingerprint density at radius 3 is 1.89 bits per heavy atom. The van der Waals surface area contributed by atoms with Gasteiger partial charge in [-0.15, -0.1) is 0 Å². The van der Waals surface area contributed by atoms with Crippen molar-refractivity contribution in [2.24, 2.45) is 0 Å². The summed E-state index contributed by atoms with van der Waals surface area (Å²) < 4.78 is 13.0. The standard InChI is InChI=1S/C25H26N6O4/c1-17-12-27-20(13-26-17)14-28-23-29-24(32)31(16-19-6-10-22(35-3)11-7-19)25(33)30(23)15-18-4-8-21(34-2)9-5-18/h4-13H,14-16H2,1-3H3,(H,28,29,32). The number of aromatic nitrogens is 5. The summed E-state index contributed by atoms with van der Waals surface area (Å²) in [6, 6.07) is 14.5. The zero-order valence-electron chi connectivity index (χ0n) is 19.8. The van der Waals surface area contributed by atoms with Crippen LogP contribution in [0.2, 0.25) is 0 Å². The summed E-state index contributed by atoms with van der Waals surface area (Å²) in [6.07, 6.45) is 3.29. The van der Waals surface area contributed by atoms with Crippen molar-refractivity contribution in [1.29, 1.82) is 0 Å². The smallest absolute Gasteiger partial charge is 0.355 e. The van der Waals surface area contributed by atoms with E-state index in [2.05, 4.69) is 20.3 Å². The Morgan fingerprint density at radius 2 is 1.37 bits per heavy atom. The Morgan fingerprint density at radius 1 is 0.800 bits per heavy atom. The molecule has 4 rings (SSSR count). The van der Waals surface area contributed by atoms with Crippen LogP contribution in [0.25, 0.3) is 0 Å². The summed E-state index contributed by atoms with van der Waals surface area (Å²) >= 11 is 0. The van der Waals surface area contributed by atoms with Crippen molar-refractivity contribution in [1.82, 2.24) is 24.1 Å². The number of benzene rings is 2. The third-order valence-corrected chi connectivity index (χ3v) is 5.41. The third-order valence-electron chi connectivity index (χ3n) is 5.41. The maximum absolute atomic E-state index is 13.5. The molecule has 0 bridgehead atoms. The van der Waals surface area contributed by atoms with Crippen LogP contribution in [0.5, 0.6) is 11.5 Å². The largest absolute Gasteiger partial charge is 0.497 e. The quantitative estimate of drug-likeness (QED) is 0.393. The second-order valence-corrected chi connectivity index (χ2v) is 7.87. The summed E-state index contributed by atoms with van der Waals surface area (Å²) in [5.74, 6) is 1.55. The SMILES string of the molecule is COc1ccc(Cn2c(NCc3cnc(C)cn3)nc(=O)n(Cc3ccc(OC)cc3)c2=O)cc1. The number of rotatable bonds is 9. The fourth-order valence-corrected chi connectivity index (χ4v) is 3.45. The van der Waals surface area contributed by atoms with E-state index in [0.717, 1.165) is 21.4 Å². The summed E-state index contributed by atoms with van der Waals surface area (Å²) in [7, 11) is 3.17. The van der Waals surface area contributed by atoms with E-state index in [1.807, 2.05) is 31.2 Å². The molecule has 0 saturated carbocycles. The molecule has 10 nitrogen and oxygen atoms in total. The molecule has 0 aliphatic rings. The van der Waals surface area contributed by atoms with Crippen LogP contribution in [0.15, 0.2) is 70.5 Å². The van der Waals surface area contributed by atoms with Gasteiger partial charge in [-0.25, -0.2) is 14.2 Å². The number of methoxy groups -OCH3 is 2. The average Bonchev–Trinajstić information content (AvgIpc) is 2.89. The minimum atomic E-state index is -0.644. The van der Waals surface area contributed by atoms with Gasteiger partial charge in [-0.05, 0) is 42.3 Å². The topological polar surface area (TPSA) is 113 Å². The monoisotopic (exact) mass is 474 g/mol. The minimum Gasteiger partial charge on any atom is -0.497 e. The van der Waals surface area contributed by atoms with E-state index in [0.29, 0.717) is 17.2 Å². The van der Waals surface area contributed by atoms with Crippen molar-refractivity contribution in [3.8, 4) is 11.5 Å². The molecule has 0 spiro atoms. The number of nitrogens with zero attached hydrogens (tertiary/aromatic N) is 5. The van der Waals surface area contributed by atoms with Crippen LogP contribution >= 0.6 is 0 Å². The highest BCUT2D eigenvalue weighted by Gasteiger charge is 2.15. The molecule has 0 aliphatic carbocycles. The predicted octanol–water partition coefficient (Wildman–Crippen LogP) is 2.23. The molecule has 0 radical (unpaired) electrons. The minimum absolute atomic E-state index is 0.0843. The van der Waals surface area contributed by atoms with Crippen LogP contribution in [0.1, 0.15) is 22.5 Å². The van der Waals surface area contributed by atoms with Crippen molar-refractivity contribution in [2.75, 3.05) is 19.5 Å². The van der Waals surface area contributed by atoms with Gasteiger partial charge >= 0.3 is 11.4 Å². The van der Waals surface area contributed by atoms with Crippen molar-refractivity contribution in [2.45, 2.75) is 26.6 Å². The number of aryl methyl sites for hydroxylation is 1. The van der Waals surface area contributed by atoms with Gasteiger partial charge < -0.3 is 14.8 Å². The molecular formula is C25H26N6O4. The van der Waals surface area contributed by atoms with Crippen LogP contribution in [-0.4, -0.2) is 38.3 Å². The molecule has 4 aromatic rings. The first kappa shape index (κ1) is 23.7. The van der Waals surface area contributed by atoms with Crippen LogP contribution in [0, 0.1) is 6.92 Å². The van der Waals surface area contributed by atoms with Gasteiger partial charge in [0.05, 0.1) is 51.4 Å². The van der Waals surface area contributed by atoms with Gasteiger partial charge in [-0.1, -0.05) is 24.3 Å². The van der Waals surface area contributed by atoms with Gasteiger partial charge in [-0.3, -0.25) is 14.5 Å². The lowest BCUT2D eigenvalue weighted by Crippen LogP contribution is -2.43. The molecule has 2 aromatic heterocycles. The zero-order chi connectivity index (χ0) is 24.8. The van der Waals surface area contributed by atoms with Gasteiger partial charge in [0.15, 0.2) is 0 Å². The third kappa shape index (κ3) is 5.72. The van der Waals surface area contributed by atoms with Crippen LogP contribution in [-0.2, 0) is 19.6 Å². The fraction of sp³-hybridized carbons (Fsp3) is 0.240. The van der Waals surface area contributed by atoms with Gasteiger partial charge in [0, 0.05) is 6.20 Å². The highest BCUT2D eigenvalue weighted by atomic mass is 16.5. The summed E-state index contributed by atoms with van der Waals surface area (Å²) in [4.78, 5) is 39.1. The molecule has 2 heterocycles. The maximum atomic E-state index is 13.5.